The van der Waals surface area contributed by atoms with E-state index >= 15 is 0 Å². The molecule has 0 radical (unpaired) electrons. The number of hydrogen-bond acceptors (Lipinski definition) is 2. The molecule has 1 N–H and O–H groups in total. The van der Waals surface area contributed by atoms with Gasteiger partial charge in [0.15, 0.2) is 0 Å². The number of rotatable bonds is 7. The molecule has 1 fully saturated rings. The highest BCUT2D eigenvalue weighted by molar-refractivity contribution is 5.24. The van der Waals surface area contributed by atoms with Gasteiger partial charge in [-0.15, -0.1) is 0 Å². The predicted molar refractivity (Wildman–Crippen MR) is 75.9 cm³/mol. The van der Waals surface area contributed by atoms with E-state index in [1.807, 2.05) is 0 Å². The Morgan fingerprint density at radius 1 is 1.33 bits per heavy atom. The third-order valence-electron chi connectivity index (χ3n) is 4.06. The standard InChI is InChI=1S/C16H25NO/c1-14-5-3-6-15(11-14)12-16(7-4-8-16)13-17-9-10-18-2/h3,5-6,11,17H,4,7-10,12-13H2,1-2H3. The highest BCUT2D eigenvalue weighted by Crippen LogP contribution is 2.43. The van der Waals surface area contributed by atoms with Gasteiger partial charge in [-0.1, -0.05) is 36.2 Å². The lowest BCUT2D eigenvalue weighted by molar-refractivity contribution is 0.123. The van der Waals surface area contributed by atoms with Crippen molar-refractivity contribution >= 4 is 0 Å². The summed E-state index contributed by atoms with van der Waals surface area (Å²) in [5.74, 6) is 0. The molecule has 1 aromatic carbocycles. The van der Waals surface area contributed by atoms with Crippen molar-refractivity contribution in [3.63, 3.8) is 0 Å². The molecule has 0 atom stereocenters. The van der Waals surface area contributed by atoms with Gasteiger partial charge in [0.05, 0.1) is 6.61 Å². The summed E-state index contributed by atoms with van der Waals surface area (Å²) in [5.41, 5.74) is 3.36. The Balaban J connectivity index is 1.88. The number of nitrogens with one attached hydrogen (secondary N) is 1. The van der Waals surface area contributed by atoms with Crippen LogP contribution < -0.4 is 5.32 Å². The van der Waals surface area contributed by atoms with Gasteiger partial charge in [0.1, 0.15) is 0 Å². The van der Waals surface area contributed by atoms with E-state index in [2.05, 4.69) is 36.5 Å². The van der Waals surface area contributed by atoms with Crippen LogP contribution in [0.5, 0.6) is 0 Å². The van der Waals surface area contributed by atoms with E-state index in [1.54, 1.807) is 7.11 Å². The molecule has 0 bridgehead atoms. The molecule has 0 heterocycles. The second-order valence-electron chi connectivity index (χ2n) is 5.69. The summed E-state index contributed by atoms with van der Waals surface area (Å²) in [4.78, 5) is 0. The lowest BCUT2D eigenvalue weighted by Crippen LogP contribution is -2.42. The summed E-state index contributed by atoms with van der Waals surface area (Å²) in [6, 6.07) is 8.95. The summed E-state index contributed by atoms with van der Waals surface area (Å²) in [7, 11) is 1.76. The minimum absolute atomic E-state index is 0.502. The van der Waals surface area contributed by atoms with Crippen molar-refractivity contribution in [3.8, 4) is 0 Å². The molecule has 1 aliphatic rings. The molecular formula is C16H25NO. The first kappa shape index (κ1) is 13.6. The van der Waals surface area contributed by atoms with Crippen LogP contribution in [0.25, 0.3) is 0 Å². The van der Waals surface area contributed by atoms with E-state index in [9.17, 15) is 0 Å². The zero-order valence-electron chi connectivity index (χ0n) is 11.7. The van der Waals surface area contributed by atoms with Crippen LogP contribution in [0.4, 0.5) is 0 Å². The Kier molecular flexibility index (Phi) is 4.79. The molecule has 0 saturated heterocycles. The van der Waals surface area contributed by atoms with Crippen LogP contribution >= 0.6 is 0 Å². The van der Waals surface area contributed by atoms with Crippen molar-refractivity contribution < 1.29 is 4.74 Å². The number of methoxy groups -OCH3 is 1. The lowest BCUT2D eigenvalue weighted by atomic mass is 9.65. The van der Waals surface area contributed by atoms with Gasteiger partial charge in [-0.05, 0) is 37.2 Å². The molecule has 0 unspecified atom stereocenters. The van der Waals surface area contributed by atoms with E-state index in [4.69, 9.17) is 4.74 Å². The molecule has 100 valence electrons. The fourth-order valence-electron chi connectivity index (χ4n) is 2.88. The van der Waals surface area contributed by atoms with E-state index in [-0.39, 0.29) is 0 Å². The number of aryl methyl sites for hydroxylation is 1. The molecule has 1 aliphatic carbocycles. The van der Waals surface area contributed by atoms with Gasteiger partial charge in [0, 0.05) is 20.2 Å². The largest absolute Gasteiger partial charge is 0.383 e. The lowest BCUT2D eigenvalue weighted by Gasteiger charge is -2.42. The first-order valence-electron chi connectivity index (χ1n) is 6.99. The molecule has 2 heteroatoms. The minimum Gasteiger partial charge on any atom is -0.383 e. The molecular weight excluding hydrogens is 222 g/mol. The number of hydrogen-bond donors (Lipinski definition) is 1. The number of ether oxygens (including phenoxy) is 1. The zero-order chi connectivity index (χ0) is 12.8. The van der Waals surface area contributed by atoms with E-state index in [1.165, 1.54) is 36.8 Å². The average molecular weight is 247 g/mol. The van der Waals surface area contributed by atoms with Gasteiger partial charge in [-0.25, -0.2) is 0 Å². The average Bonchev–Trinajstić information content (AvgIpc) is 2.31. The van der Waals surface area contributed by atoms with Crippen molar-refractivity contribution in [2.75, 3.05) is 26.8 Å². The molecule has 2 rings (SSSR count). The van der Waals surface area contributed by atoms with Crippen molar-refractivity contribution in [1.82, 2.24) is 5.32 Å². The molecule has 0 aliphatic heterocycles. The zero-order valence-corrected chi connectivity index (χ0v) is 11.7. The van der Waals surface area contributed by atoms with Gasteiger partial charge in [-0.2, -0.15) is 0 Å². The smallest absolute Gasteiger partial charge is 0.0587 e. The third kappa shape index (κ3) is 3.56. The van der Waals surface area contributed by atoms with Crippen LogP contribution in [0.2, 0.25) is 0 Å². The Bertz CT molecular complexity index is 371. The third-order valence-corrected chi connectivity index (χ3v) is 4.06. The molecule has 18 heavy (non-hydrogen) atoms. The van der Waals surface area contributed by atoms with Crippen molar-refractivity contribution in [2.24, 2.45) is 5.41 Å². The Morgan fingerprint density at radius 3 is 2.78 bits per heavy atom. The van der Waals surface area contributed by atoms with Crippen LogP contribution in [0, 0.1) is 12.3 Å². The van der Waals surface area contributed by atoms with Gasteiger partial charge < -0.3 is 10.1 Å². The number of benzene rings is 1. The van der Waals surface area contributed by atoms with Crippen molar-refractivity contribution in [1.29, 1.82) is 0 Å². The van der Waals surface area contributed by atoms with Crippen molar-refractivity contribution in [2.45, 2.75) is 32.6 Å². The van der Waals surface area contributed by atoms with Gasteiger partial charge in [0.25, 0.3) is 0 Å². The van der Waals surface area contributed by atoms with Crippen molar-refractivity contribution in [3.05, 3.63) is 35.4 Å². The second-order valence-corrected chi connectivity index (χ2v) is 5.69. The maximum Gasteiger partial charge on any atom is 0.0587 e. The van der Waals surface area contributed by atoms with E-state index in [0.717, 1.165) is 19.7 Å². The first-order chi connectivity index (χ1) is 8.74. The summed E-state index contributed by atoms with van der Waals surface area (Å²) in [6.07, 6.45) is 5.33. The molecule has 0 amide bonds. The molecule has 2 nitrogen and oxygen atoms in total. The molecule has 0 aromatic heterocycles. The summed E-state index contributed by atoms with van der Waals surface area (Å²) in [5, 5.41) is 3.54. The van der Waals surface area contributed by atoms with E-state index in [0.29, 0.717) is 5.41 Å². The fourth-order valence-corrected chi connectivity index (χ4v) is 2.88. The van der Waals surface area contributed by atoms with Crippen LogP contribution in [-0.4, -0.2) is 26.8 Å². The van der Waals surface area contributed by atoms with Crippen LogP contribution in [0.1, 0.15) is 30.4 Å². The Labute approximate surface area is 111 Å². The summed E-state index contributed by atoms with van der Waals surface area (Å²) < 4.78 is 5.08. The second kappa shape index (κ2) is 6.35. The highest BCUT2D eigenvalue weighted by atomic mass is 16.5. The molecule has 0 spiro atoms. The monoisotopic (exact) mass is 247 g/mol. The SMILES string of the molecule is COCCNCC1(Cc2cccc(C)c2)CCC1. The normalized spacial score (nSPS) is 17.4. The van der Waals surface area contributed by atoms with Gasteiger partial charge in [0.2, 0.25) is 0 Å². The predicted octanol–water partition coefficient (Wildman–Crippen LogP) is 2.94. The molecule has 1 saturated carbocycles. The molecule has 1 aromatic rings. The quantitative estimate of drug-likeness (QED) is 0.748. The van der Waals surface area contributed by atoms with Crippen LogP contribution in [0.3, 0.4) is 0 Å². The summed E-state index contributed by atoms with van der Waals surface area (Å²) >= 11 is 0. The first-order valence-corrected chi connectivity index (χ1v) is 6.99. The topological polar surface area (TPSA) is 21.3 Å². The highest BCUT2D eigenvalue weighted by Gasteiger charge is 2.36. The minimum atomic E-state index is 0.502. The Morgan fingerprint density at radius 2 is 2.17 bits per heavy atom. The van der Waals surface area contributed by atoms with Gasteiger partial charge >= 0.3 is 0 Å². The van der Waals surface area contributed by atoms with Gasteiger partial charge in [-0.3, -0.25) is 0 Å². The van der Waals surface area contributed by atoms with Crippen LogP contribution in [0.15, 0.2) is 24.3 Å². The Hall–Kier alpha value is -0.860. The maximum atomic E-state index is 5.08. The van der Waals surface area contributed by atoms with Crippen LogP contribution in [-0.2, 0) is 11.2 Å². The summed E-state index contributed by atoms with van der Waals surface area (Å²) in [6.45, 7) is 5.07. The van der Waals surface area contributed by atoms with E-state index < -0.39 is 0 Å². The maximum absolute atomic E-state index is 5.08. The fraction of sp³-hybridized carbons (Fsp3) is 0.625.